The summed E-state index contributed by atoms with van der Waals surface area (Å²) >= 11 is 0. The van der Waals surface area contributed by atoms with Crippen molar-refractivity contribution in [2.75, 3.05) is 11.4 Å². The third-order valence-electron chi connectivity index (χ3n) is 4.33. The number of nitrogens with zero attached hydrogens (tertiary/aromatic N) is 2. The molecule has 1 aromatic carbocycles. The number of pyridine rings is 1. The third kappa shape index (κ3) is 2.50. The van der Waals surface area contributed by atoms with Crippen LogP contribution in [0.3, 0.4) is 0 Å². The summed E-state index contributed by atoms with van der Waals surface area (Å²) in [6.45, 7) is 0.948. The number of alkyl halides is 3. The summed E-state index contributed by atoms with van der Waals surface area (Å²) in [5, 5.41) is 0.765. The number of aromatic amines is 1. The molecule has 0 saturated carbocycles. The molecule has 3 aromatic rings. The molecular formula is C17H13F4N3. The van der Waals surface area contributed by atoms with Crippen LogP contribution in [0.5, 0.6) is 0 Å². The van der Waals surface area contributed by atoms with Gasteiger partial charge in [-0.25, -0.2) is 9.37 Å². The molecule has 1 aliphatic rings. The highest BCUT2D eigenvalue weighted by Gasteiger charge is 2.31. The number of rotatable bonds is 1. The van der Waals surface area contributed by atoms with Gasteiger partial charge in [0, 0.05) is 47.9 Å². The average molecular weight is 335 g/mol. The van der Waals surface area contributed by atoms with Crippen molar-refractivity contribution in [3.05, 3.63) is 59.2 Å². The Labute approximate surface area is 134 Å². The number of halogens is 4. The zero-order chi connectivity index (χ0) is 16.9. The van der Waals surface area contributed by atoms with Crippen molar-refractivity contribution in [2.45, 2.75) is 19.1 Å². The van der Waals surface area contributed by atoms with Gasteiger partial charge in [0.2, 0.25) is 0 Å². The van der Waals surface area contributed by atoms with Gasteiger partial charge in [-0.3, -0.25) is 0 Å². The molecule has 1 aliphatic heterocycles. The van der Waals surface area contributed by atoms with Gasteiger partial charge in [0.05, 0.1) is 5.56 Å². The van der Waals surface area contributed by atoms with Crippen LogP contribution in [0.15, 0.2) is 36.5 Å². The number of nitrogens with one attached hydrogen (secondary N) is 1. The molecule has 0 unspecified atom stereocenters. The standard InChI is InChI=1S/C17H13F4N3/c18-11-1-2-14-12(8-11)13-9-24(6-4-15(13)23-14)16-7-10(3-5-22-16)17(19,20)21/h1-3,5,7-8,23H,4,6,9H2. The number of benzene rings is 1. The van der Waals surface area contributed by atoms with Crippen molar-refractivity contribution in [1.82, 2.24) is 9.97 Å². The molecule has 3 nitrogen and oxygen atoms in total. The van der Waals surface area contributed by atoms with Crippen molar-refractivity contribution >= 4 is 16.7 Å². The van der Waals surface area contributed by atoms with E-state index >= 15 is 0 Å². The van der Waals surface area contributed by atoms with Crippen molar-refractivity contribution in [3.63, 3.8) is 0 Å². The van der Waals surface area contributed by atoms with E-state index in [1.54, 1.807) is 11.0 Å². The van der Waals surface area contributed by atoms with Gasteiger partial charge in [0.15, 0.2) is 0 Å². The predicted octanol–water partition coefficient (Wildman–Crippen LogP) is 4.28. The maximum atomic E-state index is 13.5. The Bertz CT molecular complexity index is 914. The van der Waals surface area contributed by atoms with Crippen molar-refractivity contribution in [2.24, 2.45) is 0 Å². The van der Waals surface area contributed by atoms with E-state index in [2.05, 4.69) is 9.97 Å². The molecule has 2 aromatic heterocycles. The van der Waals surface area contributed by atoms with E-state index in [0.29, 0.717) is 19.5 Å². The Morgan fingerprint density at radius 3 is 2.75 bits per heavy atom. The van der Waals surface area contributed by atoms with Gasteiger partial charge in [0.1, 0.15) is 11.6 Å². The zero-order valence-corrected chi connectivity index (χ0v) is 12.5. The topological polar surface area (TPSA) is 31.9 Å². The van der Waals surface area contributed by atoms with Gasteiger partial charge in [-0.1, -0.05) is 0 Å². The monoisotopic (exact) mass is 335 g/mol. The summed E-state index contributed by atoms with van der Waals surface area (Å²) in [6, 6.07) is 6.53. The first-order valence-corrected chi connectivity index (χ1v) is 7.49. The van der Waals surface area contributed by atoms with Crippen molar-refractivity contribution in [1.29, 1.82) is 0 Å². The summed E-state index contributed by atoms with van der Waals surface area (Å²) in [4.78, 5) is 9.12. The first-order valence-electron chi connectivity index (χ1n) is 7.49. The Morgan fingerprint density at radius 2 is 1.96 bits per heavy atom. The van der Waals surface area contributed by atoms with Gasteiger partial charge in [-0.05, 0) is 30.3 Å². The SMILES string of the molecule is Fc1ccc2[nH]c3c(c2c1)CN(c1cc(C(F)(F)F)ccn1)CC3. The van der Waals surface area contributed by atoms with Gasteiger partial charge in [-0.15, -0.1) is 0 Å². The summed E-state index contributed by atoms with van der Waals surface area (Å²) in [5.41, 5.74) is 2.03. The molecule has 24 heavy (non-hydrogen) atoms. The maximum Gasteiger partial charge on any atom is 0.416 e. The van der Waals surface area contributed by atoms with E-state index in [4.69, 9.17) is 0 Å². The molecule has 0 atom stereocenters. The van der Waals surface area contributed by atoms with Gasteiger partial charge in [0.25, 0.3) is 0 Å². The highest BCUT2D eigenvalue weighted by atomic mass is 19.4. The predicted molar refractivity (Wildman–Crippen MR) is 82.2 cm³/mol. The Morgan fingerprint density at radius 1 is 1.12 bits per heavy atom. The molecule has 0 bridgehead atoms. The summed E-state index contributed by atoms with van der Waals surface area (Å²) < 4.78 is 52.2. The molecule has 124 valence electrons. The van der Waals surface area contributed by atoms with Gasteiger partial charge in [-0.2, -0.15) is 13.2 Å². The van der Waals surface area contributed by atoms with Crippen LogP contribution in [0.2, 0.25) is 0 Å². The molecule has 7 heteroatoms. The van der Waals surface area contributed by atoms with Gasteiger partial charge >= 0.3 is 6.18 Å². The minimum atomic E-state index is -4.40. The van der Waals surface area contributed by atoms with E-state index in [0.717, 1.165) is 34.3 Å². The minimum absolute atomic E-state index is 0.279. The first-order chi connectivity index (χ1) is 11.4. The molecule has 0 saturated heterocycles. The minimum Gasteiger partial charge on any atom is -0.358 e. The van der Waals surface area contributed by atoms with Gasteiger partial charge < -0.3 is 9.88 Å². The molecule has 0 aliphatic carbocycles. The first kappa shape index (κ1) is 15.0. The van der Waals surface area contributed by atoms with Crippen LogP contribution in [0.4, 0.5) is 23.4 Å². The van der Waals surface area contributed by atoms with Crippen LogP contribution >= 0.6 is 0 Å². The van der Waals surface area contributed by atoms with E-state index in [9.17, 15) is 17.6 Å². The lowest BCUT2D eigenvalue weighted by Crippen LogP contribution is -2.31. The number of H-pyrrole nitrogens is 1. The number of anilines is 1. The van der Waals surface area contributed by atoms with E-state index in [1.807, 2.05) is 0 Å². The number of hydrogen-bond donors (Lipinski definition) is 1. The Hall–Kier alpha value is -2.57. The second-order valence-electron chi connectivity index (χ2n) is 5.84. The largest absolute Gasteiger partial charge is 0.416 e. The Balaban J connectivity index is 1.72. The second kappa shape index (κ2) is 5.22. The molecule has 3 heterocycles. The highest BCUT2D eigenvalue weighted by Crippen LogP contribution is 2.33. The Kier molecular flexibility index (Phi) is 3.26. The summed E-state index contributed by atoms with van der Waals surface area (Å²) in [5.74, 6) is -0.0557. The molecule has 0 radical (unpaired) electrons. The second-order valence-corrected chi connectivity index (χ2v) is 5.84. The molecule has 4 rings (SSSR count). The van der Waals surface area contributed by atoms with E-state index in [1.165, 1.54) is 18.3 Å². The smallest absolute Gasteiger partial charge is 0.358 e. The molecule has 1 N–H and O–H groups in total. The lowest BCUT2D eigenvalue weighted by molar-refractivity contribution is -0.137. The van der Waals surface area contributed by atoms with Crippen LogP contribution in [0.25, 0.3) is 10.9 Å². The fourth-order valence-electron chi connectivity index (χ4n) is 3.15. The van der Waals surface area contributed by atoms with Crippen molar-refractivity contribution in [3.8, 4) is 0 Å². The van der Waals surface area contributed by atoms with Crippen LogP contribution in [-0.4, -0.2) is 16.5 Å². The van der Waals surface area contributed by atoms with Crippen LogP contribution in [-0.2, 0) is 19.1 Å². The number of hydrogen-bond acceptors (Lipinski definition) is 2. The average Bonchev–Trinajstić information content (AvgIpc) is 2.91. The van der Waals surface area contributed by atoms with Crippen LogP contribution < -0.4 is 4.90 Å². The third-order valence-corrected chi connectivity index (χ3v) is 4.33. The highest BCUT2D eigenvalue weighted by molar-refractivity contribution is 5.85. The fourth-order valence-corrected chi connectivity index (χ4v) is 3.15. The molecule has 0 amide bonds. The fraction of sp³-hybridized carbons (Fsp3) is 0.235. The molecule has 0 spiro atoms. The van der Waals surface area contributed by atoms with E-state index in [-0.39, 0.29) is 11.6 Å². The summed E-state index contributed by atoms with van der Waals surface area (Å²) in [7, 11) is 0. The zero-order valence-electron chi connectivity index (χ0n) is 12.5. The lowest BCUT2D eigenvalue weighted by atomic mass is 10.0. The molecule has 0 fully saturated rings. The van der Waals surface area contributed by atoms with Crippen molar-refractivity contribution < 1.29 is 17.6 Å². The number of fused-ring (bicyclic) bond motifs is 3. The number of aromatic nitrogens is 2. The van der Waals surface area contributed by atoms with Crippen LogP contribution in [0, 0.1) is 5.82 Å². The quantitative estimate of drug-likeness (QED) is 0.673. The maximum absolute atomic E-state index is 13.5. The summed E-state index contributed by atoms with van der Waals surface area (Å²) in [6.07, 6.45) is -2.59. The van der Waals surface area contributed by atoms with E-state index < -0.39 is 11.7 Å². The normalized spacial score (nSPS) is 14.9. The van der Waals surface area contributed by atoms with Crippen LogP contribution in [0.1, 0.15) is 16.8 Å². The lowest BCUT2D eigenvalue weighted by Gasteiger charge is -2.28. The molecular weight excluding hydrogens is 322 g/mol.